The molecule has 2 N–H and O–H groups in total. The van der Waals surface area contributed by atoms with Crippen molar-refractivity contribution in [1.82, 2.24) is 0 Å². The lowest BCUT2D eigenvalue weighted by Crippen LogP contribution is -2.05. The van der Waals surface area contributed by atoms with Gasteiger partial charge in [0, 0.05) is 12.5 Å². The Labute approximate surface area is 90.4 Å². The molecule has 1 aliphatic rings. The lowest BCUT2D eigenvalue weighted by Gasteiger charge is -2.08. The minimum atomic E-state index is 0.208. The molecule has 0 fully saturated rings. The first kappa shape index (κ1) is 10.1. The SMILES string of the molecule is C#CCCOc1ccc2c(c1)CCC2N. The van der Waals surface area contributed by atoms with E-state index < -0.39 is 0 Å². The van der Waals surface area contributed by atoms with Crippen LogP contribution in [0.3, 0.4) is 0 Å². The number of nitrogens with two attached hydrogens (primary N) is 1. The number of hydrogen-bond donors (Lipinski definition) is 1. The fourth-order valence-corrected chi connectivity index (χ4v) is 1.94. The summed E-state index contributed by atoms with van der Waals surface area (Å²) in [4.78, 5) is 0. The molecule has 15 heavy (non-hydrogen) atoms. The van der Waals surface area contributed by atoms with Crippen LogP contribution in [-0.2, 0) is 6.42 Å². The molecule has 1 unspecified atom stereocenters. The van der Waals surface area contributed by atoms with Crippen molar-refractivity contribution in [3.63, 3.8) is 0 Å². The molecule has 78 valence electrons. The third kappa shape index (κ3) is 2.14. The van der Waals surface area contributed by atoms with Gasteiger partial charge in [0.2, 0.25) is 0 Å². The summed E-state index contributed by atoms with van der Waals surface area (Å²) in [6.07, 6.45) is 7.91. The van der Waals surface area contributed by atoms with Gasteiger partial charge in [-0.05, 0) is 36.1 Å². The molecule has 0 radical (unpaired) electrons. The standard InChI is InChI=1S/C13H15NO/c1-2-3-8-15-11-5-6-12-10(9-11)4-7-13(12)14/h1,5-6,9,13H,3-4,7-8,14H2. The van der Waals surface area contributed by atoms with E-state index in [1.165, 1.54) is 11.1 Å². The highest BCUT2D eigenvalue weighted by atomic mass is 16.5. The molecule has 0 amide bonds. The summed E-state index contributed by atoms with van der Waals surface area (Å²) in [5.74, 6) is 3.45. The van der Waals surface area contributed by atoms with Crippen LogP contribution in [0.4, 0.5) is 0 Å². The van der Waals surface area contributed by atoms with Gasteiger partial charge in [0.15, 0.2) is 0 Å². The lowest BCUT2D eigenvalue weighted by molar-refractivity contribution is 0.327. The summed E-state index contributed by atoms with van der Waals surface area (Å²) in [5, 5.41) is 0. The Morgan fingerprint density at radius 1 is 1.53 bits per heavy atom. The summed E-state index contributed by atoms with van der Waals surface area (Å²) in [6.45, 7) is 0.585. The second-order valence-corrected chi connectivity index (χ2v) is 3.81. The van der Waals surface area contributed by atoms with Crippen molar-refractivity contribution in [3.05, 3.63) is 29.3 Å². The monoisotopic (exact) mass is 201 g/mol. The first-order chi connectivity index (χ1) is 7.31. The Bertz CT molecular complexity index is 392. The van der Waals surface area contributed by atoms with Gasteiger partial charge in [-0.2, -0.15) is 0 Å². The van der Waals surface area contributed by atoms with Crippen molar-refractivity contribution in [1.29, 1.82) is 0 Å². The summed E-state index contributed by atoms with van der Waals surface area (Å²) in [6, 6.07) is 6.33. The molecule has 1 aliphatic carbocycles. The van der Waals surface area contributed by atoms with Gasteiger partial charge in [0.05, 0.1) is 6.61 Å². The van der Waals surface area contributed by atoms with Crippen molar-refractivity contribution in [2.45, 2.75) is 25.3 Å². The lowest BCUT2D eigenvalue weighted by atomic mass is 10.1. The van der Waals surface area contributed by atoms with E-state index in [9.17, 15) is 0 Å². The maximum Gasteiger partial charge on any atom is 0.119 e. The van der Waals surface area contributed by atoms with Crippen molar-refractivity contribution < 1.29 is 4.74 Å². The van der Waals surface area contributed by atoms with Crippen LogP contribution in [0.15, 0.2) is 18.2 Å². The third-order valence-corrected chi connectivity index (χ3v) is 2.75. The van der Waals surface area contributed by atoms with E-state index in [0.717, 1.165) is 18.6 Å². The Morgan fingerprint density at radius 2 is 2.40 bits per heavy atom. The highest BCUT2D eigenvalue weighted by Gasteiger charge is 2.18. The van der Waals surface area contributed by atoms with Crippen LogP contribution in [0.2, 0.25) is 0 Å². The second kappa shape index (κ2) is 4.37. The first-order valence-corrected chi connectivity index (χ1v) is 5.26. The van der Waals surface area contributed by atoms with E-state index >= 15 is 0 Å². The zero-order valence-corrected chi connectivity index (χ0v) is 8.70. The van der Waals surface area contributed by atoms with Crippen LogP contribution in [0.1, 0.15) is 30.0 Å². The number of rotatable bonds is 3. The molecule has 0 spiro atoms. The fraction of sp³-hybridized carbons (Fsp3) is 0.385. The van der Waals surface area contributed by atoms with Gasteiger partial charge in [-0.1, -0.05) is 6.07 Å². The predicted molar refractivity (Wildman–Crippen MR) is 60.6 cm³/mol. The Morgan fingerprint density at radius 3 is 3.20 bits per heavy atom. The molecule has 1 aromatic rings. The largest absolute Gasteiger partial charge is 0.493 e. The molecule has 2 nitrogen and oxygen atoms in total. The average Bonchev–Trinajstić information content (AvgIpc) is 2.61. The maximum atomic E-state index is 5.95. The molecule has 0 saturated carbocycles. The normalized spacial score (nSPS) is 18.3. The van der Waals surface area contributed by atoms with E-state index in [0.29, 0.717) is 13.0 Å². The Kier molecular flexibility index (Phi) is 2.94. The first-order valence-electron chi connectivity index (χ1n) is 5.26. The summed E-state index contributed by atoms with van der Waals surface area (Å²) in [5.41, 5.74) is 8.53. The predicted octanol–water partition coefficient (Wildman–Crippen LogP) is 2.03. The quantitative estimate of drug-likeness (QED) is 0.600. The minimum Gasteiger partial charge on any atom is -0.493 e. The van der Waals surface area contributed by atoms with Gasteiger partial charge in [-0.15, -0.1) is 12.3 Å². The van der Waals surface area contributed by atoms with Gasteiger partial charge in [0.1, 0.15) is 5.75 Å². The maximum absolute atomic E-state index is 5.95. The van der Waals surface area contributed by atoms with Crippen LogP contribution in [0.5, 0.6) is 5.75 Å². The van der Waals surface area contributed by atoms with Gasteiger partial charge in [0.25, 0.3) is 0 Å². The number of aryl methyl sites for hydroxylation is 1. The molecule has 2 rings (SSSR count). The molecule has 0 aliphatic heterocycles. The van der Waals surface area contributed by atoms with Crippen LogP contribution in [-0.4, -0.2) is 6.61 Å². The van der Waals surface area contributed by atoms with E-state index in [1.54, 1.807) is 0 Å². The van der Waals surface area contributed by atoms with Crippen LogP contribution in [0.25, 0.3) is 0 Å². The molecule has 0 heterocycles. The van der Waals surface area contributed by atoms with Gasteiger partial charge < -0.3 is 10.5 Å². The third-order valence-electron chi connectivity index (χ3n) is 2.75. The van der Waals surface area contributed by atoms with E-state index in [1.807, 2.05) is 6.07 Å². The van der Waals surface area contributed by atoms with Gasteiger partial charge >= 0.3 is 0 Å². The number of ether oxygens (including phenoxy) is 1. The van der Waals surface area contributed by atoms with Gasteiger partial charge in [-0.3, -0.25) is 0 Å². The van der Waals surface area contributed by atoms with E-state index in [2.05, 4.69) is 18.1 Å². The molecular weight excluding hydrogens is 186 g/mol. The Hall–Kier alpha value is -1.46. The zero-order valence-electron chi connectivity index (χ0n) is 8.70. The molecule has 0 saturated heterocycles. The van der Waals surface area contributed by atoms with E-state index in [4.69, 9.17) is 16.9 Å². The molecule has 1 atom stereocenters. The number of hydrogen-bond acceptors (Lipinski definition) is 2. The van der Waals surface area contributed by atoms with Crippen molar-refractivity contribution >= 4 is 0 Å². The number of fused-ring (bicyclic) bond motifs is 1. The Balaban J connectivity index is 2.07. The van der Waals surface area contributed by atoms with Crippen molar-refractivity contribution in [2.75, 3.05) is 6.61 Å². The molecule has 2 heteroatoms. The van der Waals surface area contributed by atoms with Crippen LogP contribution < -0.4 is 10.5 Å². The molecular formula is C13H15NO. The number of benzene rings is 1. The fourth-order valence-electron chi connectivity index (χ4n) is 1.94. The highest BCUT2D eigenvalue weighted by Crippen LogP contribution is 2.31. The summed E-state index contributed by atoms with van der Waals surface area (Å²) >= 11 is 0. The van der Waals surface area contributed by atoms with Crippen LogP contribution >= 0.6 is 0 Å². The number of terminal acetylenes is 1. The van der Waals surface area contributed by atoms with Crippen molar-refractivity contribution in [2.24, 2.45) is 5.73 Å². The summed E-state index contributed by atoms with van der Waals surface area (Å²) < 4.78 is 5.52. The molecule has 0 aromatic heterocycles. The second-order valence-electron chi connectivity index (χ2n) is 3.81. The smallest absolute Gasteiger partial charge is 0.119 e. The minimum absolute atomic E-state index is 0.208. The van der Waals surface area contributed by atoms with E-state index in [-0.39, 0.29) is 6.04 Å². The average molecular weight is 201 g/mol. The molecule has 0 bridgehead atoms. The zero-order chi connectivity index (χ0) is 10.7. The van der Waals surface area contributed by atoms with Crippen LogP contribution in [0, 0.1) is 12.3 Å². The highest BCUT2D eigenvalue weighted by molar-refractivity contribution is 5.40. The topological polar surface area (TPSA) is 35.2 Å². The summed E-state index contributed by atoms with van der Waals surface area (Å²) in [7, 11) is 0. The van der Waals surface area contributed by atoms with Crippen molar-refractivity contribution in [3.8, 4) is 18.1 Å². The van der Waals surface area contributed by atoms with Gasteiger partial charge in [-0.25, -0.2) is 0 Å². The molecule has 1 aromatic carbocycles.